The van der Waals surface area contributed by atoms with E-state index in [-0.39, 0.29) is 6.61 Å². The van der Waals surface area contributed by atoms with Gasteiger partial charge in [0.05, 0.1) is 0 Å². The quantitative estimate of drug-likeness (QED) is 0.832. The van der Waals surface area contributed by atoms with Crippen molar-refractivity contribution in [3.63, 3.8) is 0 Å². The Balaban J connectivity index is 2.02. The molecule has 1 aliphatic rings. The highest BCUT2D eigenvalue weighted by Crippen LogP contribution is 2.26. The summed E-state index contributed by atoms with van der Waals surface area (Å²) < 4.78 is 5.18. The van der Waals surface area contributed by atoms with E-state index in [0.29, 0.717) is 11.7 Å². The lowest BCUT2D eigenvalue weighted by Crippen LogP contribution is -2.28. The van der Waals surface area contributed by atoms with E-state index < -0.39 is 5.97 Å². The van der Waals surface area contributed by atoms with Gasteiger partial charge in [-0.3, -0.25) is 0 Å². The van der Waals surface area contributed by atoms with Crippen molar-refractivity contribution in [3.05, 3.63) is 29.8 Å². The first kappa shape index (κ1) is 11.9. The van der Waals surface area contributed by atoms with Gasteiger partial charge in [-0.25, -0.2) is 4.79 Å². The summed E-state index contributed by atoms with van der Waals surface area (Å²) in [7, 11) is 0. The molecule has 0 amide bonds. The van der Waals surface area contributed by atoms with E-state index in [0.717, 1.165) is 13.1 Å². The van der Waals surface area contributed by atoms with Gasteiger partial charge in [-0.1, -0.05) is 12.1 Å². The molecule has 0 spiro atoms. The molecule has 92 valence electrons. The topological polar surface area (TPSA) is 58.6 Å². The van der Waals surface area contributed by atoms with E-state index in [1.807, 2.05) is 12.1 Å². The molecule has 1 unspecified atom stereocenters. The molecular weight excluding hydrogens is 218 g/mol. The van der Waals surface area contributed by atoms with Crippen molar-refractivity contribution >= 4 is 5.97 Å². The van der Waals surface area contributed by atoms with E-state index in [1.165, 1.54) is 18.4 Å². The fourth-order valence-corrected chi connectivity index (χ4v) is 2.14. The zero-order valence-corrected chi connectivity index (χ0v) is 9.69. The fourth-order valence-electron chi connectivity index (χ4n) is 2.14. The molecule has 1 atom stereocenters. The summed E-state index contributed by atoms with van der Waals surface area (Å²) in [6.07, 6.45) is 2.36. The minimum absolute atomic E-state index is 0.285. The maximum absolute atomic E-state index is 10.4. The van der Waals surface area contributed by atoms with Crippen molar-refractivity contribution in [2.75, 3.05) is 19.7 Å². The van der Waals surface area contributed by atoms with Crippen LogP contribution in [0, 0.1) is 0 Å². The number of carbonyl (C=O) groups is 1. The van der Waals surface area contributed by atoms with Gasteiger partial charge in [-0.15, -0.1) is 0 Å². The molecule has 1 saturated heterocycles. The molecule has 1 aromatic rings. The minimum atomic E-state index is -0.949. The fraction of sp³-hybridized carbons (Fsp3) is 0.462. The molecule has 0 saturated carbocycles. The maximum atomic E-state index is 10.4. The molecule has 1 heterocycles. The first-order valence-corrected chi connectivity index (χ1v) is 5.91. The van der Waals surface area contributed by atoms with Crippen molar-refractivity contribution in [1.82, 2.24) is 5.32 Å². The lowest BCUT2D eigenvalue weighted by Gasteiger charge is -2.23. The Hall–Kier alpha value is -1.55. The Morgan fingerprint density at radius 3 is 3.12 bits per heavy atom. The van der Waals surface area contributed by atoms with Gasteiger partial charge in [0.1, 0.15) is 5.75 Å². The average molecular weight is 235 g/mol. The number of benzene rings is 1. The number of piperidine rings is 1. The number of hydrogen-bond acceptors (Lipinski definition) is 3. The number of carboxylic acid groups (broad SMARTS) is 1. The third-order valence-electron chi connectivity index (χ3n) is 2.99. The predicted molar refractivity (Wildman–Crippen MR) is 64.4 cm³/mol. The van der Waals surface area contributed by atoms with Gasteiger partial charge >= 0.3 is 5.97 Å². The predicted octanol–water partition coefficient (Wildman–Crippen LogP) is 1.62. The highest BCUT2D eigenvalue weighted by Gasteiger charge is 2.15. The summed E-state index contributed by atoms with van der Waals surface area (Å²) >= 11 is 0. The number of carboxylic acids is 1. The van der Waals surface area contributed by atoms with Gasteiger partial charge in [0.2, 0.25) is 0 Å². The first-order chi connectivity index (χ1) is 8.25. The van der Waals surface area contributed by atoms with Crippen molar-refractivity contribution < 1.29 is 14.6 Å². The van der Waals surface area contributed by atoms with E-state index >= 15 is 0 Å². The molecule has 0 radical (unpaired) electrons. The Kier molecular flexibility index (Phi) is 3.98. The molecular formula is C13H17NO3. The summed E-state index contributed by atoms with van der Waals surface area (Å²) in [6, 6.07) is 7.73. The third kappa shape index (κ3) is 3.46. The molecule has 4 heteroatoms. The number of ether oxygens (including phenoxy) is 1. The van der Waals surface area contributed by atoms with Crippen LogP contribution in [-0.2, 0) is 4.79 Å². The van der Waals surface area contributed by atoms with E-state index in [1.54, 1.807) is 6.07 Å². The van der Waals surface area contributed by atoms with Crippen LogP contribution in [0.4, 0.5) is 0 Å². The van der Waals surface area contributed by atoms with Gasteiger partial charge in [-0.2, -0.15) is 0 Å². The smallest absolute Gasteiger partial charge is 0.341 e. The lowest BCUT2D eigenvalue weighted by molar-refractivity contribution is -0.139. The number of nitrogens with one attached hydrogen (secondary N) is 1. The van der Waals surface area contributed by atoms with Gasteiger partial charge < -0.3 is 15.2 Å². The molecule has 0 bridgehead atoms. The van der Waals surface area contributed by atoms with Crippen LogP contribution in [0.5, 0.6) is 5.75 Å². The van der Waals surface area contributed by atoms with Crippen LogP contribution in [0.3, 0.4) is 0 Å². The van der Waals surface area contributed by atoms with Crippen molar-refractivity contribution in [2.45, 2.75) is 18.8 Å². The van der Waals surface area contributed by atoms with Crippen molar-refractivity contribution in [3.8, 4) is 5.75 Å². The summed E-state index contributed by atoms with van der Waals surface area (Å²) in [5.41, 5.74) is 1.22. The second kappa shape index (κ2) is 5.68. The molecule has 17 heavy (non-hydrogen) atoms. The number of aliphatic carboxylic acids is 1. The second-order valence-electron chi connectivity index (χ2n) is 4.30. The molecule has 0 aromatic heterocycles. The van der Waals surface area contributed by atoms with Gasteiger partial charge in [0.25, 0.3) is 0 Å². The third-order valence-corrected chi connectivity index (χ3v) is 2.99. The maximum Gasteiger partial charge on any atom is 0.341 e. The summed E-state index contributed by atoms with van der Waals surface area (Å²) in [5.74, 6) is 0.197. The van der Waals surface area contributed by atoms with E-state index in [9.17, 15) is 4.79 Å². The highest BCUT2D eigenvalue weighted by molar-refractivity contribution is 5.68. The van der Waals surface area contributed by atoms with Crippen LogP contribution < -0.4 is 10.1 Å². The zero-order valence-electron chi connectivity index (χ0n) is 9.69. The highest BCUT2D eigenvalue weighted by atomic mass is 16.5. The molecule has 2 N–H and O–H groups in total. The monoisotopic (exact) mass is 235 g/mol. The average Bonchev–Trinajstić information content (AvgIpc) is 2.38. The zero-order chi connectivity index (χ0) is 12.1. The number of rotatable bonds is 4. The normalized spacial score (nSPS) is 19.9. The Labute approximate surface area is 101 Å². The summed E-state index contributed by atoms with van der Waals surface area (Å²) in [6.45, 7) is 1.79. The van der Waals surface area contributed by atoms with E-state index in [2.05, 4.69) is 11.4 Å². The van der Waals surface area contributed by atoms with Crippen LogP contribution in [0.15, 0.2) is 24.3 Å². The van der Waals surface area contributed by atoms with Crippen LogP contribution in [-0.4, -0.2) is 30.8 Å². The van der Waals surface area contributed by atoms with Crippen LogP contribution in [0.2, 0.25) is 0 Å². The molecule has 1 aromatic carbocycles. The largest absolute Gasteiger partial charge is 0.482 e. The van der Waals surface area contributed by atoms with Crippen LogP contribution in [0.1, 0.15) is 24.3 Å². The Bertz CT molecular complexity index is 386. The van der Waals surface area contributed by atoms with Crippen molar-refractivity contribution in [2.24, 2.45) is 0 Å². The molecule has 1 aliphatic heterocycles. The Morgan fingerprint density at radius 1 is 1.53 bits per heavy atom. The van der Waals surface area contributed by atoms with Gasteiger partial charge in [0, 0.05) is 6.54 Å². The first-order valence-electron chi connectivity index (χ1n) is 5.91. The summed E-state index contributed by atoms with van der Waals surface area (Å²) in [4.78, 5) is 10.4. The number of hydrogen-bond donors (Lipinski definition) is 2. The SMILES string of the molecule is O=C(O)COc1cccc(C2CCCNC2)c1. The Morgan fingerprint density at radius 2 is 2.41 bits per heavy atom. The van der Waals surface area contributed by atoms with Crippen molar-refractivity contribution in [1.29, 1.82) is 0 Å². The minimum Gasteiger partial charge on any atom is -0.482 e. The van der Waals surface area contributed by atoms with Gasteiger partial charge in [0.15, 0.2) is 6.61 Å². The van der Waals surface area contributed by atoms with Gasteiger partial charge in [-0.05, 0) is 43.0 Å². The standard InChI is InChI=1S/C13H17NO3/c15-13(16)9-17-12-5-1-3-10(7-12)11-4-2-6-14-8-11/h1,3,5,7,11,14H,2,4,6,8-9H2,(H,15,16). The van der Waals surface area contributed by atoms with Crippen LogP contribution in [0.25, 0.3) is 0 Å². The van der Waals surface area contributed by atoms with Crippen LogP contribution >= 0.6 is 0 Å². The van der Waals surface area contributed by atoms with E-state index in [4.69, 9.17) is 9.84 Å². The summed E-state index contributed by atoms with van der Waals surface area (Å²) in [5, 5.41) is 11.9. The molecule has 2 rings (SSSR count). The second-order valence-corrected chi connectivity index (χ2v) is 4.30. The lowest BCUT2D eigenvalue weighted by atomic mass is 9.92. The molecule has 0 aliphatic carbocycles. The molecule has 4 nitrogen and oxygen atoms in total. The molecule has 1 fully saturated rings.